The normalized spacial score (nSPS) is 19.2. The Kier molecular flexibility index (Phi) is 5.80. The molecule has 0 saturated heterocycles. The maximum atomic E-state index is 8.86. The molecule has 0 aromatic heterocycles. The Morgan fingerprint density at radius 3 is 2.20 bits per heavy atom. The third-order valence-electron chi connectivity index (χ3n) is 1.37. The van der Waals surface area contributed by atoms with Gasteiger partial charge in [-0.2, -0.15) is 0 Å². The highest BCUT2D eigenvalue weighted by Crippen LogP contribution is 2.44. The van der Waals surface area contributed by atoms with E-state index in [2.05, 4.69) is 5.32 Å². The Bertz CT molecular complexity index is 87.7. The van der Waals surface area contributed by atoms with Crippen LogP contribution in [0.4, 0.5) is 0 Å². The zero-order chi connectivity index (χ0) is 8.04. The van der Waals surface area contributed by atoms with Gasteiger partial charge >= 0.3 is 0 Å². The van der Waals surface area contributed by atoms with Gasteiger partial charge in [0.15, 0.2) is 0 Å². The molecule has 0 rings (SSSR count). The molecule has 0 aromatic carbocycles. The van der Waals surface area contributed by atoms with E-state index in [1.54, 1.807) is 0 Å². The van der Waals surface area contributed by atoms with Crippen LogP contribution in [0.5, 0.6) is 0 Å². The Morgan fingerprint density at radius 1 is 1.40 bits per heavy atom. The van der Waals surface area contributed by atoms with Gasteiger partial charge in [0.1, 0.15) is 0 Å². The lowest BCUT2D eigenvalue weighted by Crippen LogP contribution is -2.19. The molecule has 3 N–H and O–H groups in total. The minimum absolute atomic E-state index is 0.166. The van der Waals surface area contributed by atoms with Crippen LogP contribution >= 0.6 is 17.6 Å². The molecule has 0 radical (unpaired) electrons. The van der Waals surface area contributed by atoms with Crippen LogP contribution in [0.15, 0.2) is 0 Å². The molecule has 0 heterocycles. The van der Waals surface area contributed by atoms with Gasteiger partial charge in [0.25, 0.3) is 0 Å². The van der Waals surface area contributed by atoms with E-state index in [0.29, 0.717) is 0 Å². The summed E-state index contributed by atoms with van der Waals surface area (Å²) in [7, 11) is 1.53. The molecule has 3 nitrogen and oxygen atoms in total. The first-order chi connectivity index (χ1) is 4.68. The Hall–Kier alpha value is 0.740. The van der Waals surface area contributed by atoms with Crippen LogP contribution in [0, 0.1) is 0 Å². The van der Waals surface area contributed by atoms with Crippen molar-refractivity contribution >= 4 is 17.6 Å². The largest absolute Gasteiger partial charge is 0.376 e. The molecule has 10 heavy (non-hydrogen) atoms. The average Bonchev–Trinajstić information content (AvgIpc) is 2.00. The summed E-state index contributed by atoms with van der Waals surface area (Å²) in [4.78, 5) is 17.5. The quantitative estimate of drug-likeness (QED) is 0.543. The van der Waals surface area contributed by atoms with E-state index in [0.717, 1.165) is 13.0 Å². The molecular weight excluding hydrogens is 168 g/mol. The van der Waals surface area contributed by atoms with Gasteiger partial charge < -0.3 is 15.1 Å². The SMILES string of the molecule is CNCCC(C)(PO)PO. The van der Waals surface area contributed by atoms with E-state index in [1.807, 2.05) is 14.0 Å². The smallest absolute Gasteiger partial charge is 0.0514 e. The molecule has 0 saturated carbocycles. The summed E-state index contributed by atoms with van der Waals surface area (Å²) in [5.74, 6) is 0. The first-order valence-electron chi connectivity index (χ1n) is 3.15. The van der Waals surface area contributed by atoms with E-state index in [1.165, 1.54) is 0 Å². The Balaban J connectivity index is 3.58. The lowest BCUT2D eigenvalue weighted by Gasteiger charge is -2.22. The van der Waals surface area contributed by atoms with Gasteiger partial charge in [-0.3, -0.25) is 0 Å². The highest BCUT2D eigenvalue weighted by atomic mass is 31.1. The van der Waals surface area contributed by atoms with Crippen LogP contribution in [0.3, 0.4) is 0 Å². The lowest BCUT2D eigenvalue weighted by atomic mass is 10.3. The fraction of sp³-hybridized carbons (Fsp3) is 1.00. The molecule has 0 amide bonds. The molecule has 0 spiro atoms. The molecule has 0 aromatic rings. The van der Waals surface area contributed by atoms with Crippen molar-refractivity contribution in [3.05, 3.63) is 0 Å². The van der Waals surface area contributed by atoms with Gasteiger partial charge in [-0.15, -0.1) is 0 Å². The highest BCUT2D eigenvalue weighted by Gasteiger charge is 2.21. The van der Waals surface area contributed by atoms with Gasteiger partial charge in [0, 0.05) is 17.6 Å². The molecule has 0 aliphatic heterocycles. The minimum Gasteiger partial charge on any atom is -0.376 e. The summed E-state index contributed by atoms with van der Waals surface area (Å²) in [5, 5.41) is 2.98. The van der Waals surface area contributed by atoms with Crippen LogP contribution in [-0.4, -0.2) is 28.3 Å². The summed E-state index contributed by atoms with van der Waals surface area (Å²) in [5.41, 5.74) is 0. The summed E-state index contributed by atoms with van der Waals surface area (Å²) in [6.07, 6.45) is 0.827. The molecule has 2 unspecified atom stereocenters. The van der Waals surface area contributed by atoms with Crippen molar-refractivity contribution in [3.63, 3.8) is 0 Å². The zero-order valence-electron chi connectivity index (χ0n) is 6.31. The van der Waals surface area contributed by atoms with Crippen LogP contribution in [0.25, 0.3) is 0 Å². The molecule has 0 aliphatic carbocycles. The predicted molar refractivity (Wildman–Crippen MR) is 48.0 cm³/mol. The van der Waals surface area contributed by atoms with Crippen LogP contribution < -0.4 is 5.32 Å². The van der Waals surface area contributed by atoms with E-state index in [4.69, 9.17) is 9.79 Å². The average molecular weight is 183 g/mol. The first-order valence-corrected chi connectivity index (χ1v) is 5.05. The predicted octanol–water partition coefficient (Wildman–Crippen LogP) is 0.484. The number of nitrogens with one attached hydrogen (secondary N) is 1. The molecular formula is C5H15NO2P2. The topological polar surface area (TPSA) is 52.5 Å². The minimum atomic E-state index is -0.261. The fourth-order valence-electron chi connectivity index (χ4n) is 0.512. The summed E-state index contributed by atoms with van der Waals surface area (Å²) in [6, 6.07) is 0. The number of hydrogen-bond acceptors (Lipinski definition) is 3. The van der Waals surface area contributed by atoms with Crippen LogP contribution in [0.1, 0.15) is 13.3 Å². The van der Waals surface area contributed by atoms with Crippen molar-refractivity contribution in [2.24, 2.45) is 0 Å². The van der Waals surface area contributed by atoms with Crippen molar-refractivity contribution in [3.8, 4) is 0 Å². The second kappa shape index (κ2) is 5.40. The van der Waals surface area contributed by atoms with Gasteiger partial charge in [-0.25, -0.2) is 0 Å². The maximum Gasteiger partial charge on any atom is 0.0514 e. The van der Waals surface area contributed by atoms with Crippen molar-refractivity contribution in [2.45, 2.75) is 18.2 Å². The molecule has 2 atom stereocenters. The van der Waals surface area contributed by atoms with Gasteiger partial charge in [0.2, 0.25) is 0 Å². The van der Waals surface area contributed by atoms with E-state index >= 15 is 0 Å². The second-order valence-corrected chi connectivity index (χ2v) is 5.56. The van der Waals surface area contributed by atoms with Gasteiger partial charge in [-0.1, -0.05) is 0 Å². The van der Waals surface area contributed by atoms with Gasteiger partial charge in [0.05, 0.1) is 4.90 Å². The van der Waals surface area contributed by atoms with Crippen molar-refractivity contribution < 1.29 is 9.79 Å². The first kappa shape index (κ1) is 10.7. The molecule has 62 valence electrons. The van der Waals surface area contributed by atoms with Crippen LogP contribution in [0.2, 0.25) is 0 Å². The molecule has 0 fully saturated rings. The van der Waals surface area contributed by atoms with Gasteiger partial charge in [-0.05, 0) is 26.9 Å². The maximum absolute atomic E-state index is 8.86. The summed E-state index contributed by atoms with van der Waals surface area (Å²) >= 11 is 0. The molecule has 0 bridgehead atoms. The van der Waals surface area contributed by atoms with E-state index in [-0.39, 0.29) is 22.5 Å². The summed E-state index contributed by atoms with van der Waals surface area (Å²) in [6.45, 7) is 2.73. The summed E-state index contributed by atoms with van der Waals surface area (Å²) < 4.78 is 0. The van der Waals surface area contributed by atoms with Crippen molar-refractivity contribution in [1.82, 2.24) is 5.32 Å². The van der Waals surface area contributed by atoms with E-state index in [9.17, 15) is 0 Å². The van der Waals surface area contributed by atoms with Crippen molar-refractivity contribution in [1.29, 1.82) is 0 Å². The van der Waals surface area contributed by atoms with E-state index < -0.39 is 0 Å². The van der Waals surface area contributed by atoms with Crippen LogP contribution in [-0.2, 0) is 0 Å². The fourth-order valence-corrected chi connectivity index (χ4v) is 1.19. The molecule has 0 aliphatic rings. The second-order valence-electron chi connectivity index (χ2n) is 2.41. The standard InChI is InChI=1S/C5H15NO2P2/c1-5(9-7,10-8)3-4-6-2/h6-10H,3-4H2,1-2H3. The Labute approximate surface area is 65.3 Å². The number of hydrogen-bond donors (Lipinski definition) is 3. The lowest BCUT2D eigenvalue weighted by molar-refractivity contribution is 0.566. The Morgan fingerprint density at radius 2 is 1.90 bits per heavy atom. The van der Waals surface area contributed by atoms with Crippen molar-refractivity contribution in [2.75, 3.05) is 13.6 Å². The molecule has 5 heteroatoms. The third kappa shape index (κ3) is 3.80. The monoisotopic (exact) mass is 183 g/mol. The highest BCUT2D eigenvalue weighted by molar-refractivity contribution is 7.53. The third-order valence-corrected chi connectivity index (χ3v) is 3.53. The zero-order valence-corrected chi connectivity index (χ0v) is 8.31. The number of rotatable bonds is 5.